The van der Waals surface area contributed by atoms with Gasteiger partial charge in [0.05, 0.1) is 12.2 Å². The molecule has 2 rings (SSSR count). The summed E-state index contributed by atoms with van der Waals surface area (Å²) in [5.41, 5.74) is 0.404. The lowest BCUT2D eigenvalue weighted by atomic mass is 9.88. The number of rotatable bonds is 4. The summed E-state index contributed by atoms with van der Waals surface area (Å²) in [6.07, 6.45) is 5.51. The van der Waals surface area contributed by atoms with E-state index in [0.717, 1.165) is 13.2 Å². The zero-order chi connectivity index (χ0) is 14.8. The maximum atomic E-state index is 5.97. The molecule has 1 unspecified atom stereocenters. The van der Waals surface area contributed by atoms with E-state index in [4.69, 9.17) is 4.74 Å². The second-order valence-electron chi connectivity index (χ2n) is 8.07. The Morgan fingerprint density at radius 2 is 1.90 bits per heavy atom. The quantitative estimate of drug-likeness (QED) is 0.858. The summed E-state index contributed by atoms with van der Waals surface area (Å²) in [5.74, 6) is 0.708. The van der Waals surface area contributed by atoms with E-state index >= 15 is 0 Å². The number of hydrogen-bond acceptors (Lipinski definition) is 3. The molecule has 3 heteroatoms. The fraction of sp³-hybridized carbons (Fsp3) is 1.00. The van der Waals surface area contributed by atoms with Crippen molar-refractivity contribution in [2.75, 3.05) is 26.2 Å². The van der Waals surface area contributed by atoms with Crippen LogP contribution in [0.2, 0.25) is 0 Å². The summed E-state index contributed by atoms with van der Waals surface area (Å²) in [7, 11) is 0. The lowest BCUT2D eigenvalue weighted by molar-refractivity contribution is -0.0411. The SMILES string of the molecule is CC(C)C1CN(CCOC(C)(C)C)C2(CCCC2)CN1. The molecule has 1 spiro atoms. The van der Waals surface area contributed by atoms with Crippen LogP contribution in [0.15, 0.2) is 0 Å². The maximum Gasteiger partial charge on any atom is 0.0600 e. The Bertz CT molecular complexity index is 303. The summed E-state index contributed by atoms with van der Waals surface area (Å²) in [6, 6.07) is 0.635. The largest absolute Gasteiger partial charge is 0.375 e. The van der Waals surface area contributed by atoms with Gasteiger partial charge in [-0.15, -0.1) is 0 Å². The van der Waals surface area contributed by atoms with Crippen LogP contribution in [0.1, 0.15) is 60.3 Å². The molecular weight excluding hydrogens is 248 g/mol. The average Bonchev–Trinajstić information content (AvgIpc) is 2.79. The molecule has 1 atom stereocenters. The van der Waals surface area contributed by atoms with E-state index in [0.29, 0.717) is 17.5 Å². The van der Waals surface area contributed by atoms with Gasteiger partial charge in [-0.1, -0.05) is 26.7 Å². The van der Waals surface area contributed by atoms with E-state index in [1.54, 1.807) is 0 Å². The van der Waals surface area contributed by atoms with Gasteiger partial charge in [-0.3, -0.25) is 4.90 Å². The van der Waals surface area contributed by atoms with Gasteiger partial charge >= 0.3 is 0 Å². The molecule has 1 saturated carbocycles. The summed E-state index contributed by atoms with van der Waals surface area (Å²) in [4.78, 5) is 2.74. The summed E-state index contributed by atoms with van der Waals surface area (Å²) < 4.78 is 5.97. The number of ether oxygens (including phenoxy) is 1. The van der Waals surface area contributed by atoms with Gasteiger partial charge in [0.1, 0.15) is 0 Å². The second-order valence-corrected chi connectivity index (χ2v) is 8.07. The molecule has 1 saturated heterocycles. The van der Waals surface area contributed by atoms with E-state index in [2.05, 4.69) is 44.8 Å². The molecule has 0 aromatic rings. The van der Waals surface area contributed by atoms with Crippen molar-refractivity contribution in [3.63, 3.8) is 0 Å². The molecule has 2 aliphatic rings. The van der Waals surface area contributed by atoms with Crippen LogP contribution in [-0.4, -0.2) is 48.3 Å². The third kappa shape index (κ3) is 3.96. The number of nitrogens with one attached hydrogen (secondary N) is 1. The first-order valence-corrected chi connectivity index (χ1v) is 8.45. The molecule has 0 bridgehead atoms. The van der Waals surface area contributed by atoms with Crippen LogP contribution in [-0.2, 0) is 4.74 Å². The van der Waals surface area contributed by atoms with Gasteiger partial charge in [-0.05, 0) is 39.5 Å². The Balaban J connectivity index is 1.95. The molecule has 20 heavy (non-hydrogen) atoms. The smallest absolute Gasteiger partial charge is 0.0600 e. The van der Waals surface area contributed by atoms with Crippen molar-refractivity contribution < 1.29 is 4.74 Å². The standard InChI is InChI=1S/C17H34N2O/c1-14(2)15-12-19(10-11-20-16(3,4)5)17(13-18-15)8-6-7-9-17/h14-15,18H,6-13H2,1-5H3. The monoisotopic (exact) mass is 282 g/mol. The topological polar surface area (TPSA) is 24.5 Å². The molecule has 2 fully saturated rings. The predicted octanol–water partition coefficient (Wildman–Crippen LogP) is 3.04. The third-order valence-corrected chi connectivity index (χ3v) is 5.02. The van der Waals surface area contributed by atoms with Crippen LogP contribution >= 0.6 is 0 Å². The minimum absolute atomic E-state index is 0.0195. The van der Waals surface area contributed by atoms with Crippen LogP contribution in [0.4, 0.5) is 0 Å². The molecule has 1 N–H and O–H groups in total. The van der Waals surface area contributed by atoms with Crippen molar-refractivity contribution in [2.45, 2.75) is 77.5 Å². The first kappa shape index (κ1) is 16.3. The fourth-order valence-electron chi connectivity index (χ4n) is 3.69. The predicted molar refractivity (Wildman–Crippen MR) is 85.1 cm³/mol. The second kappa shape index (κ2) is 6.33. The van der Waals surface area contributed by atoms with E-state index < -0.39 is 0 Å². The number of piperazine rings is 1. The van der Waals surface area contributed by atoms with Gasteiger partial charge in [0.2, 0.25) is 0 Å². The minimum atomic E-state index is -0.0195. The Morgan fingerprint density at radius 3 is 2.45 bits per heavy atom. The molecule has 0 amide bonds. The van der Waals surface area contributed by atoms with E-state index in [-0.39, 0.29) is 5.60 Å². The first-order valence-electron chi connectivity index (χ1n) is 8.45. The highest BCUT2D eigenvalue weighted by molar-refractivity contribution is 5.02. The van der Waals surface area contributed by atoms with Crippen LogP contribution in [0.5, 0.6) is 0 Å². The van der Waals surface area contributed by atoms with Crippen LogP contribution in [0, 0.1) is 5.92 Å². The van der Waals surface area contributed by atoms with Crippen molar-refractivity contribution in [1.82, 2.24) is 10.2 Å². The maximum absolute atomic E-state index is 5.97. The van der Waals surface area contributed by atoms with Crippen molar-refractivity contribution in [3.05, 3.63) is 0 Å². The van der Waals surface area contributed by atoms with E-state index in [1.807, 2.05) is 0 Å². The summed E-state index contributed by atoms with van der Waals surface area (Å²) in [6.45, 7) is 15.4. The zero-order valence-corrected chi connectivity index (χ0v) is 14.2. The lowest BCUT2D eigenvalue weighted by Gasteiger charge is -2.49. The average molecular weight is 282 g/mol. The van der Waals surface area contributed by atoms with Crippen molar-refractivity contribution in [3.8, 4) is 0 Å². The highest BCUT2D eigenvalue weighted by Gasteiger charge is 2.43. The van der Waals surface area contributed by atoms with Gasteiger partial charge in [0, 0.05) is 31.2 Å². The van der Waals surface area contributed by atoms with Crippen LogP contribution in [0.25, 0.3) is 0 Å². The van der Waals surface area contributed by atoms with Crippen molar-refractivity contribution in [2.24, 2.45) is 5.92 Å². The Labute approximate surface area is 125 Å². The Kier molecular flexibility index (Phi) is 5.14. The molecule has 0 aromatic carbocycles. The Hall–Kier alpha value is -0.120. The molecule has 1 heterocycles. The molecular formula is C17H34N2O. The first-order chi connectivity index (χ1) is 9.32. The molecule has 1 aliphatic heterocycles. The van der Waals surface area contributed by atoms with Gasteiger partial charge < -0.3 is 10.1 Å². The van der Waals surface area contributed by atoms with E-state index in [1.165, 1.54) is 38.8 Å². The van der Waals surface area contributed by atoms with E-state index in [9.17, 15) is 0 Å². The van der Waals surface area contributed by atoms with Gasteiger partial charge in [-0.25, -0.2) is 0 Å². The van der Waals surface area contributed by atoms with Crippen molar-refractivity contribution in [1.29, 1.82) is 0 Å². The number of nitrogens with zero attached hydrogens (tertiary/aromatic N) is 1. The molecule has 0 aromatic heterocycles. The van der Waals surface area contributed by atoms with Crippen LogP contribution < -0.4 is 5.32 Å². The van der Waals surface area contributed by atoms with Gasteiger partial charge in [0.15, 0.2) is 0 Å². The van der Waals surface area contributed by atoms with Gasteiger partial charge in [-0.2, -0.15) is 0 Å². The lowest BCUT2D eigenvalue weighted by Crippen LogP contribution is -2.65. The minimum Gasteiger partial charge on any atom is -0.375 e. The highest BCUT2D eigenvalue weighted by Crippen LogP contribution is 2.37. The molecule has 118 valence electrons. The molecule has 0 radical (unpaired) electrons. The molecule has 3 nitrogen and oxygen atoms in total. The fourth-order valence-corrected chi connectivity index (χ4v) is 3.69. The summed E-state index contributed by atoms with van der Waals surface area (Å²) in [5, 5.41) is 3.81. The zero-order valence-electron chi connectivity index (χ0n) is 14.2. The normalized spacial score (nSPS) is 27.6. The van der Waals surface area contributed by atoms with Gasteiger partial charge in [0.25, 0.3) is 0 Å². The van der Waals surface area contributed by atoms with Crippen molar-refractivity contribution >= 4 is 0 Å². The highest BCUT2D eigenvalue weighted by atomic mass is 16.5. The Morgan fingerprint density at radius 1 is 1.25 bits per heavy atom. The number of hydrogen-bond donors (Lipinski definition) is 1. The van der Waals surface area contributed by atoms with Crippen LogP contribution in [0.3, 0.4) is 0 Å². The molecule has 1 aliphatic carbocycles. The third-order valence-electron chi connectivity index (χ3n) is 5.02. The summed E-state index contributed by atoms with van der Waals surface area (Å²) >= 11 is 0.